The van der Waals surface area contributed by atoms with E-state index < -0.39 is 0 Å². The summed E-state index contributed by atoms with van der Waals surface area (Å²) in [6, 6.07) is 10.6. The fourth-order valence-corrected chi connectivity index (χ4v) is 1.77. The highest BCUT2D eigenvalue weighted by molar-refractivity contribution is 5.43. The van der Waals surface area contributed by atoms with Crippen LogP contribution in [0.1, 0.15) is 11.1 Å². The van der Waals surface area contributed by atoms with E-state index in [1.165, 1.54) is 11.1 Å². The predicted molar refractivity (Wildman–Crippen MR) is 72.2 cm³/mol. The molecule has 0 amide bonds. The van der Waals surface area contributed by atoms with Gasteiger partial charge >= 0.3 is 0 Å². The quantitative estimate of drug-likeness (QED) is 0.666. The summed E-state index contributed by atoms with van der Waals surface area (Å²) < 4.78 is 0. The lowest BCUT2D eigenvalue weighted by atomic mass is 10.2. The van der Waals surface area contributed by atoms with E-state index in [1.54, 1.807) is 0 Å². The third kappa shape index (κ3) is 3.64. The van der Waals surface area contributed by atoms with Crippen molar-refractivity contribution in [3.05, 3.63) is 53.9 Å². The molecule has 0 saturated carbocycles. The van der Waals surface area contributed by atoms with Crippen molar-refractivity contribution in [3.8, 4) is 0 Å². The maximum absolute atomic E-state index is 3.44. The van der Waals surface area contributed by atoms with Gasteiger partial charge in [0.1, 0.15) is 0 Å². The highest BCUT2D eigenvalue weighted by Crippen LogP contribution is 2.08. The molecule has 0 aliphatic heterocycles. The van der Waals surface area contributed by atoms with Crippen LogP contribution in [0.5, 0.6) is 0 Å². The molecule has 3 nitrogen and oxygen atoms in total. The fraction of sp³-hybridized carbons (Fsp3) is 0.286. The molecule has 0 atom stereocenters. The summed E-state index contributed by atoms with van der Waals surface area (Å²) in [5.41, 5.74) is 3.82. The first-order chi connectivity index (χ1) is 8.38. The number of hydrogen-bond donors (Lipinski definition) is 3. The number of anilines is 1. The Morgan fingerprint density at radius 3 is 2.53 bits per heavy atom. The molecule has 0 fully saturated rings. The van der Waals surface area contributed by atoms with Crippen molar-refractivity contribution >= 4 is 5.69 Å². The molecule has 1 aromatic carbocycles. The number of aromatic nitrogens is 1. The third-order valence-corrected chi connectivity index (χ3v) is 2.82. The second kappa shape index (κ2) is 6.11. The van der Waals surface area contributed by atoms with Gasteiger partial charge in [-0.2, -0.15) is 0 Å². The van der Waals surface area contributed by atoms with Crippen molar-refractivity contribution in [2.75, 3.05) is 18.9 Å². The van der Waals surface area contributed by atoms with Crippen LogP contribution in [0.25, 0.3) is 0 Å². The molecule has 2 aromatic rings. The van der Waals surface area contributed by atoms with E-state index in [4.69, 9.17) is 0 Å². The molecular formula is C14H19N3. The summed E-state index contributed by atoms with van der Waals surface area (Å²) in [5, 5.41) is 6.56. The minimum Gasteiger partial charge on any atom is -0.388 e. The third-order valence-electron chi connectivity index (χ3n) is 2.82. The zero-order valence-electron chi connectivity index (χ0n) is 10.2. The molecule has 0 radical (unpaired) electrons. The monoisotopic (exact) mass is 229 g/mol. The molecule has 17 heavy (non-hydrogen) atoms. The summed E-state index contributed by atoms with van der Waals surface area (Å²) >= 11 is 0. The van der Waals surface area contributed by atoms with Crippen LogP contribution in [0.2, 0.25) is 0 Å². The van der Waals surface area contributed by atoms with Crippen molar-refractivity contribution in [3.63, 3.8) is 0 Å². The standard InChI is InChI=1S/C14H19N3/c1-15-14-4-2-12(3-5-14)10-16-8-6-13-7-9-17-11-13/h2-5,7,9,11,15-17H,6,8,10H2,1H3. The maximum Gasteiger partial charge on any atom is 0.0337 e. The molecule has 0 unspecified atom stereocenters. The Labute approximate surface area is 102 Å². The van der Waals surface area contributed by atoms with Crippen LogP contribution in [0, 0.1) is 0 Å². The van der Waals surface area contributed by atoms with Gasteiger partial charge in [-0.15, -0.1) is 0 Å². The van der Waals surface area contributed by atoms with Crippen LogP contribution >= 0.6 is 0 Å². The van der Waals surface area contributed by atoms with E-state index in [-0.39, 0.29) is 0 Å². The Kier molecular flexibility index (Phi) is 4.22. The zero-order chi connectivity index (χ0) is 11.9. The molecular weight excluding hydrogens is 210 g/mol. The van der Waals surface area contributed by atoms with Gasteiger partial charge in [0.2, 0.25) is 0 Å². The molecule has 0 spiro atoms. The highest BCUT2D eigenvalue weighted by atomic mass is 14.8. The second-order valence-corrected chi connectivity index (χ2v) is 4.09. The Morgan fingerprint density at radius 1 is 1.06 bits per heavy atom. The predicted octanol–water partition coefficient (Wildman–Crippen LogP) is 2.39. The SMILES string of the molecule is CNc1ccc(CNCCc2cc[nH]c2)cc1. The summed E-state index contributed by atoms with van der Waals surface area (Å²) in [6.45, 7) is 1.93. The van der Waals surface area contributed by atoms with Crippen molar-refractivity contribution in [2.24, 2.45) is 0 Å². The molecule has 0 aliphatic rings. The fourth-order valence-electron chi connectivity index (χ4n) is 1.77. The van der Waals surface area contributed by atoms with Crippen LogP contribution in [-0.2, 0) is 13.0 Å². The van der Waals surface area contributed by atoms with Crippen molar-refractivity contribution in [1.29, 1.82) is 0 Å². The van der Waals surface area contributed by atoms with Crippen LogP contribution in [0.15, 0.2) is 42.7 Å². The lowest BCUT2D eigenvalue weighted by molar-refractivity contribution is 0.687. The van der Waals surface area contributed by atoms with E-state index in [0.29, 0.717) is 0 Å². The van der Waals surface area contributed by atoms with Crippen LogP contribution < -0.4 is 10.6 Å². The van der Waals surface area contributed by atoms with Gasteiger partial charge in [-0.3, -0.25) is 0 Å². The molecule has 0 bridgehead atoms. The van der Waals surface area contributed by atoms with Gasteiger partial charge in [0.25, 0.3) is 0 Å². The van der Waals surface area contributed by atoms with Crippen molar-refractivity contribution in [2.45, 2.75) is 13.0 Å². The van der Waals surface area contributed by atoms with Gasteiger partial charge in [0, 0.05) is 31.7 Å². The van der Waals surface area contributed by atoms with Gasteiger partial charge in [0.05, 0.1) is 0 Å². The van der Waals surface area contributed by atoms with Gasteiger partial charge in [-0.1, -0.05) is 12.1 Å². The summed E-state index contributed by atoms with van der Waals surface area (Å²) in [7, 11) is 1.93. The van der Waals surface area contributed by atoms with Crippen LogP contribution in [0.3, 0.4) is 0 Å². The highest BCUT2D eigenvalue weighted by Gasteiger charge is 1.95. The average Bonchev–Trinajstić information content (AvgIpc) is 2.88. The Balaban J connectivity index is 1.70. The van der Waals surface area contributed by atoms with Gasteiger partial charge in [0.15, 0.2) is 0 Å². The lowest BCUT2D eigenvalue weighted by Crippen LogP contribution is -2.16. The molecule has 1 heterocycles. The summed E-state index contributed by atoms with van der Waals surface area (Å²) in [6.07, 6.45) is 5.08. The first-order valence-electron chi connectivity index (χ1n) is 5.97. The number of aromatic amines is 1. The largest absolute Gasteiger partial charge is 0.388 e. The minimum atomic E-state index is 0.925. The average molecular weight is 229 g/mol. The maximum atomic E-state index is 3.44. The first-order valence-corrected chi connectivity index (χ1v) is 5.97. The number of hydrogen-bond acceptors (Lipinski definition) is 2. The van der Waals surface area contributed by atoms with E-state index in [9.17, 15) is 0 Å². The number of benzene rings is 1. The minimum absolute atomic E-state index is 0.925. The number of H-pyrrole nitrogens is 1. The topological polar surface area (TPSA) is 39.8 Å². The zero-order valence-corrected chi connectivity index (χ0v) is 10.2. The first kappa shape index (κ1) is 11.7. The molecule has 0 aliphatic carbocycles. The van der Waals surface area contributed by atoms with Gasteiger partial charge in [-0.25, -0.2) is 0 Å². The number of rotatable bonds is 6. The number of nitrogens with one attached hydrogen (secondary N) is 3. The molecule has 90 valence electrons. The molecule has 0 saturated heterocycles. The lowest BCUT2D eigenvalue weighted by Gasteiger charge is -2.05. The Morgan fingerprint density at radius 2 is 1.88 bits per heavy atom. The van der Waals surface area contributed by atoms with E-state index in [1.807, 2.05) is 19.4 Å². The summed E-state index contributed by atoms with van der Waals surface area (Å²) in [4.78, 5) is 3.07. The Bertz CT molecular complexity index is 417. The molecule has 2 rings (SSSR count). The molecule has 3 heteroatoms. The second-order valence-electron chi connectivity index (χ2n) is 4.09. The van der Waals surface area contributed by atoms with E-state index in [0.717, 1.165) is 25.2 Å². The Hall–Kier alpha value is -1.74. The van der Waals surface area contributed by atoms with E-state index >= 15 is 0 Å². The van der Waals surface area contributed by atoms with E-state index in [2.05, 4.69) is 45.9 Å². The molecule has 1 aromatic heterocycles. The smallest absolute Gasteiger partial charge is 0.0337 e. The normalized spacial score (nSPS) is 10.4. The van der Waals surface area contributed by atoms with Crippen LogP contribution in [0.4, 0.5) is 5.69 Å². The van der Waals surface area contributed by atoms with Gasteiger partial charge < -0.3 is 15.6 Å². The molecule has 3 N–H and O–H groups in total. The van der Waals surface area contributed by atoms with Gasteiger partial charge in [-0.05, 0) is 42.3 Å². The van der Waals surface area contributed by atoms with Crippen molar-refractivity contribution < 1.29 is 0 Å². The van der Waals surface area contributed by atoms with Crippen molar-refractivity contribution in [1.82, 2.24) is 10.3 Å². The van der Waals surface area contributed by atoms with Crippen LogP contribution in [-0.4, -0.2) is 18.6 Å². The summed E-state index contributed by atoms with van der Waals surface area (Å²) in [5.74, 6) is 0.